The van der Waals surface area contributed by atoms with Gasteiger partial charge in [-0.1, -0.05) is 17.3 Å². The molecule has 0 spiro atoms. The maximum Gasteiger partial charge on any atom is 0.248 e. The van der Waals surface area contributed by atoms with E-state index in [1.54, 1.807) is 37.3 Å². The Morgan fingerprint density at radius 1 is 1.05 bits per heavy atom. The first-order valence-corrected chi connectivity index (χ1v) is 11.7. The van der Waals surface area contributed by atoms with Crippen molar-refractivity contribution in [2.45, 2.75) is 52.1 Å². The number of hydrogen-bond donors (Lipinski definition) is 2. The van der Waals surface area contributed by atoms with Gasteiger partial charge in [-0.3, -0.25) is 19.3 Å². The minimum Gasteiger partial charge on any atom is -0.497 e. The summed E-state index contributed by atoms with van der Waals surface area (Å²) in [6.45, 7) is 7.18. The van der Waals surface area contributed by atoms with Crippen LogP contribution >= 0.6 is 0 Å². The summed E-state index contributed by atoms with van der Waals surface area (Å²) in [5, 5.41) is 9.21. The summed E-state index contributed by atoms with van der Waals surface area (Å²) in [4.78, 5) is 40.9. The molecule has 3 amide bonds. The zero-order valence-corrected chi connectivity index (χ0v) is 21.5. The molecule has 2 N–H and O–H groups in total. The van der Waals surface area contributed by atoms with E-state index in [2.05, 4.69) is 15.8 Å². The summed E-state index contributed by atoms with van der Waals surface area (Å²) in [5.41, 5.74) is 0.237. The van der Waals surface area contributed by atoms with E-state index in [1.807, 2.05) is 20.8 Å². The molecule has 0 aliphatic carbocycles. The number of aromatic nitrogens is 1. The number of nitrogens with one attached hydrogen (secondary N) is 2. The number of anilines is 2. The smallest absolute Gasteiger partial charge is 0.248 e. The van der Waals surface area contributed by atoms with E-state index in [4.69, 9.17) is 9.26 Å². The normalized spacial score (nSPS) is 11.9. The zero-order chi connectivity index (χ0) is 27.2. The van der Waals surface area contributed by atoms with E-state index < -0.39 is 35.1 Å². The van der Waals surface area contributed by atoms with Gasteiger partial charge in [-0.25, -0.2) is 4.39 Å². The van der Waals surface area contributed by atoms with Crippen molar-refractivity contribution in [1.82, 2.24) is 10.5 Å². The maximum absolute atomic E-state index is 13.7. The highest BCUT2D eigenvalue weighted by atomic mass is 19.1. The fourth-order valence-corrected chi connectivity index (χ4v) is 3.65. The molecule has 0 aliphatic heterocycles. The Morgan fingerprint density at radius 3 is 2.24 bits per heavy atom. The van der Waals surface area contributed by atoms with Gasteiger partial charge >= 0.3 is 0 Å². The molecule has 0 saturated heterocycles. The largest absolute Gasteiger partial charge is 0.497 e. The van der Waals surface area contributed by atoms with Gasteiger partial charge in [0, 0.05) is 30.1 Å². The van der Waals surface area contributed by atoms with Gasteiger partial charge in [0.25, 0.3) is 0 Å². The molecule has 0 radical (unpaired) electrons. The molecule has 1 aromatic heterocycles. The summed E-state index contributed by atoms with van der Waals surface area (Å²) in [6.07, 6.45) is -0.381. The number of methoxy groups -OCH3 is 1. The Balaban J connectivity index is 1.95. The number of nitrogens with zero attached hydrogens (tertiary/aromatic N) is 2. The number of hydrogen-bond acceptors (Lipinski definition) is 6. The lowest BCUT2D eigenvalue weighted by molar-refractivity contribution is -0.128. The fraction of sp³-hybridized carbons (Fsp3) is 0.333. The first-order valence-electron chi connectivity index (χ1n) is 11.7. The monoisotopic (exact) mass is 510 g/mol. The van der Waals surface area contributed by atoms with Crippen molar-refractivity contribution >= 4 is 29.2 Å². The van der Waals surface area contributed by atoms with E-state index in [0.717, 1.165) is 0 Å². The van der Waals surface area contributed by atoms with E-state index in [9.17, 15) is 18.8 Å². The van der Waals surface area contributed by atoms with Crippen LogP contribution in [0.1, 0.15) is 51.0 Å². The minimum absolute atomic E-state index is 0.168. The van der Waals surface area contributed by atoms with Crippen molar-refractivity contribution < 1.29 is 28.0 Å². The molecule has 2 aromatic carbocycles. The third-order valence-electron chi connectivity index (χ3n) is 5.27. The Bertz CT molecular complexity index is 1230. The lowest BCUT2D eigenvalue weighted by Crippen LogP contribution is -2.49. The van der Waals surface area contributed by atoms with Crippen molar-refractivity contribution in [3.63, 3.8) is 0 Å². The molecule has 3 rings (SSSR count). The van der Waals surface area contributed by atoms with Gasteiger partial charge in [-0.2, -0.15) is 0 Å². The number of rotatable bonds is 9. The van der Waals surface area contributed by atoms with Gasteiger partial charge in [-0.05, 0) is 69.7 Å². The van der Waals surface area contributed by atoms with Crippen LogP contribution in [-0.4, -0.2) is 35.5 Å². The molecule has 1 heterocycles. The highest BCUT2D eigenvalue weighted by molar-refractivity contribution is 6.03. The Labute approximate surface area is 215 Å². The molecule has 196 valence electrons. The van der Waals surface area contributed by atoms with Crippen molar-refractivity contribution in [1.29, 1.82) is 0 Å². The Morgan fingerprint density at radius 2 is 1.70 bits per heavy atom. The van der Waals surface area contributed by atoms with E-state index >= 15 is 0 Å². The topological polar surface area (TPSA) is 114 Å². The molecule has 37 heavy (non-hydrogen) atoms. The van der Waals surface area contributed by atoms with Gasteiger partial charge < -0.3 is 19.9 Å². The maximum atomic E-state index is 13.7. The standard InChI is InChI=1S/C27H31FN4O5/c1-17-16-22(31-37-17)29-23(33)14-15-24(34)32(20-10-8-19(28)9-11-20)25(26(35)30-27(2,3)4)18-6-12-21(36-5)13-7-18/h6-13,16,25H,14-15H2,1-5H3,(H,30,35)(H,29,31,33)/t25-/m1/s1. The van der Waals surface area contributed by atoms with Crippen molar-refractivity contribution in [3.05, 3.63) is 71.7 Å². The quantitative estimate of drug-likeness (QED) is 0.437. The summed E-state index contributed by atoms with van der Waals surface area (Å²) >= 11 is 0. The minimum atomic E-state index is -1.09. The third kappa shape index (κ3) is 7.63. The SMILES string of the molecule is COc1ccc([C@H](C(=O)NC(C)(C)C)N(C(=O)CCC(=O)Nc2cc(C)on2)c2ccc(F)cc2)cc1. The molecule has 0 unspecified atom stereocenters. The fourth-order valence-electron chi connectivity index (χ4n) is 3.65. The molecule has 0 fully saturated rings. The third-order valence-corrected chi connectivity index (χ3v) is 5.27. The van der Waals surface area contributed by atoms with Crippen LogP contribution in [0.15, 0.2) is 59.1 Å². The first kappa shape index (κ1) is 27.4. The Hall–Kier alpha value is -4.21. The molecule has 9 nitrogen and oxygen atoms in total. The van der Waals surface area contributed by atoms with Crippen LogP contribution in [0.3, 0.4) is 0 Å². The number of halogens is 1. The summed E-state index contributed by atoms with van der Waals surface area (Å²) in [6, 6.07) is 12.5. The van der Waals surface area contributed by atoms with E-state index in [1.165, 1.54) is 36.3 Å². The second-order valence-corrected chi connectivity index (χ2v) is 9.53. The zero-order valence-electron chi connectivity index (χ0n) is 21.5. The van der Waals surface area contributed by atoms with Crippen LogP contribution in [0.2, 0.25) is 0 Å². The lowest BCUT2D eigenvalue weighted by Gasteiger charge is -2.34. The van der Waals surface area contributed by atoms with Crippen LogP contribution < -0.4 is 20.3 Å². The van der Waals surface area contributed by atoms with E-state index in [-0.39, 0.29) is 18.7 Å². The van der Waals surface area contributed by atoms with Gasteiger partial charge in [0.15, 0.2) is 5.82 Å². The lowest BCUT2D eigenvalue weighted by atomic mass is 10.00. The van der Waals surface area contributed by atoms with Crippen LogP contribution in [0.25, 0.3) is 0 Å². The van der Waals surface area contributed by atoms with Gasteiger partial charge in [-0.15, -0.1) is 0 Å². The molecular formula is C27H31FN4O5. The number of ether oxygens (including phenoxy) is 1. The van der Waals surface area contributed by atoms with Crippen LogP contribution in [0.4, 0.5) is 15.9 Å². The van der Waals surface area contributed by atoms with Crippen LogP contribution in [0.5, 0.6) is 5.75 Å². The van der Waals surface area contributed by atoms with Gasteiger partial charge in [0.2, 0.25) is 17.7 Å². The number of aryl methyl sites for hydroxylation is 1. The van der Waals surface area contributed by atoms with Crippen LogP contribution in [-0.2, 0) is 14.4 Å². The summed E-state index contributed by atoms with van der Waals surface area (Å²) in [7, 11) is 1.53. The molecule has 0 bridgehead atoms. The molecule has 0 saturated carbocycles. The first-order chi connectivity index (χ1) is 17.5. The Kier molecular flexibility index (Phi) is 8.65. The highest BCUT2D eigenvalue weighted by Gasteiger charge is 2.34. The van der Waals surface area contributed by atoms with Gasteiger partial charge in [0.1, 0.15) is 23.4 Å². The van der Waals surface area contributed by atoms with Crippen molar-refractivity contribution in [2.24, 2.45) is 0 Å². The molecule has 0 aliphatic rings. The van der Waals surface area contributed by atoms with Gasteiger partial charge in [0.05, 0.1) is 7.11 Å². The second kappa shape index (κ2) is 11.7. The molecule has 10 heteroatoms. The molecular weight excluding hydrogens is 479 g/mol. The van der Waals surface area contributed by atoms with Crippen molar-refractivity contribution in [3.8, 4) is 5.75 Å². The van der Waals surface area contributed by atoms with E-state index in [0.29, 0.717) is 22.8 Å². The number of carbonyl (C=O) groups excluding carboxylic acids is 3. The second-order valence-electron chi connectivity index (χ2n) is 9.53. The number of benzene rings is 2. The highest BCUT2D eigenvalue weighted by Crippen LogP contribution is 2.31. The predicted octanol–water partition coefficient (Wildman–Crippen LogP) is 4.54. The average molecular weight is 511 g/mol. The predicted molar refractivity (Wildman–Crippen MR) is 137 cm³/mol. The van der Waals surface area contributed by atoms with Crippen LogP contribution in [0, 0.1) is 12.7 Å². The number of amides is 3. The summed E-state index contributed by atoms with van der Waals surface area (Å²) < 4.78 is 23.9. The molecule has 1 atom stereocenters. The average Bonchev–Trinajstić information content (AvgIpc) is 3.25. The number of carbonyl (C=O) groups is 3. The summed E-state index contributed by atoms with van der Waals surface area (Å²) in [5.74, 6) is -0.509. The van der Waals surface area contributed by atoms with Crippen molar-refractivity contribution in [2.75, 3.05) is 17.3 Å². The molecule has 3 aromatic rings.